The van der Waals surface area contributed by atoms with Crippen LogP contribution >= 0.6 is 0 Å². The first-order chi connectivity index (χ1) is 7.09. The lowest BCUT2D eigenvalue weighted by atomic mass is 9.84. The second-order valence-electron chi connectivity index (χ2n) is 4.94. The molecule has 0 bridgehead atoms. The number of carbonyl (C=O) groups is 1. The van der Waals surface area contributed by atoms with Gasteiger partial charge >= 0.3 is 0 Å². The molecule has 0 aliphatic heterocycles. The Morgan fingerprint density at radius 3 is 2.47 bits per heavy atom. The number of rotatable bonds is 4. The first-order valence-electron chi connectivity index (χ1n) is 6.14. The van der Waals surface area contributed by atoms with Crippen LogP contribution in [0.15, 0.2) is 0 Å². The van der Waals surface area contributed by atoms with Crippen LogP contribution in [0.2, 0.25) is 0 Å². The monoisotopic (exact) mass is 212 g/mol. The average molecular weight is 212 g/mol. The van der Waals surface area contributed by atoms with E-state index in [4.69, 9.17) is 5.73 Å². The van der Waals surface area contributed by atoms with E-state index in [2.05, 4.69) is 12.2 Å². The van der Waals surface area contributed by atoms with Crippen molar-refractivity contribution >= 4 is 5.91 Å². The van der Waals surface area contributed by atoms with Crippen LogP contribution in [0.1, 0.15) is 52.4 Å². The van der Waals surface area contributed by atoms with Gasteiger partial charge in [-0.25, -0.2) is 0 Å². The van der Waals surface area contributed by atoms with Crippen LogP contribution in [-0.2, 0) is 4.79 Å². The number of carbonyl (C=O) groups excluding carboxylic acids is 1. The van der Waals surface area contributed by atoms with Crippen molar-refractivity contribution in [2.45, 2.75) is 64.5 Å². The minimum Gasteiger partial charge on any atom is -0.353 e. The fourth-order valence-electron chi connectivity index (χ4n) is 2.36. The lowest BCUT2D eigenvalue weighted by molar-refractivity contribution is -0.122. The maximum absolute atomic E-state index is 11.5. The molecule has 1 saturated carbocycles. The van der Waals surface area contributed by atoms with Crippen molar-refractivity contribution in [1.29, 1.82) is 0 Å². The van der Waals surface area contributed by atoms with Crippen LogP contribution in [0.4, 0.5) is 0 Å². The summed E-state index contributed by atoms with van der Waals surface area (Å²) in [5.74, 6) is 0.777. The van der Waals surface area contributed by atoms with Gasteiger partial charge in [0.05, 0.1) is 0 Å². The highest BCUT2D eigenvalue weighted by molar-refractivity contribution is 5.76. The van der Waals surface area contributed by atoms with Gasteiger partial charge in [0.1, 0.15) is 0 Å². The van der Waals surface area contributed by atoms with E-state index in [9.17, 15) is 4.79 Å². The molecule has 1 aliphatic carbocycles. The average Bonchev–Trinajstić information content (AvgIpc) is 2.17. The van der Waals surface area contributed by atoms with Crippen molar-refractivity contribution in [3.63, 3.8) is 0 Å². The predicted molar refractivity (Wildman–Crippen MR) is 62.4 cm³/mol. The maximum Gasteiger partial charge on any atom is 0.221 e. The molecule has 15 heavy (non-hydrogen) atoms. The van der Waals surface area contributed by atoms with E-state index < -0.39 is 0 Å². The molecule has 3 heteroatoms. The molecule has 0 heterocycles. The zero-order valence-corrected chi connectivity index (χ0v) is 9.96. The Morgan fingerprint density at radius 1 is 1.33 bits per heavy atom. The third kappa shape index (κ3) is 4.65. The SMILES string of the molecule is CC(N)CC(=O)NC(C)C1CCCCC1. The molecule has 1 fully saturated rings. The summed E-state index contributed by atoms with van der Waals surface area (Å²) in [5.41, 5.74) is 5.59. The largest absolute Gasteiger partial charge is 0.353 e. The summed E-state index contributed by atoms with van der Waals surface area (Å²) >= 11 is 0. The Hall–Kier alpha value is -0.570. The Bertz CT molecular complexity index is 198. The highest BCUT2D eigenvalue weighted by atomic mass is 16.1. The van der Waals surface area contributed by atoms with Crippen LogP contribution in [0, 0.1) is 5.92 Å². The summed E-state index contributed by atoms with van der Waals surface area (Å²) in [4.78, 5) is 11.5. The smallest absolute Gasteiger partial charge is 0.221 e. The van der Waals surface area contributed by atoms with Crippen molar-refractivity contribution < 1.29 is 4.79 Å². The number of amides is 1. The molecule has 0 aromatic rings. The van der Waals surface area contributed by atoms with Crippen molar-refractivity contribution in [3.8, 4) is 0 Å². The lowest BCUT2D eigenvalue weighted by Gasteiger charge is -2.28. The minimum atomic E-state index is -0.0384. The Labute approximate surface area is 92.8 Å². The van der Waals surface area contributed by atoms with Crippen LogP contribution in [-0.4, -0.2) is 18.0 Å². The van der Waals surface area contributed by atoms with Crippen molar-refractivity contribution in [3.05, 3.63) is 0 Å². The van der Waals surface area contributed by atoms with E-state index in [-0.39, 0.29) is 11.9 Å². The normalized spacial score (nSPS) is 22.1. The fourth-order valence-corrected chi connectivity index (χ4v) is 2.36. The van der Waals surface area contributed by atoms with E-state index in [1.54, 1.807) is 0 Å². The van der Waals surface area contributed by atoms with Gasteiger partial charge in [0, 0.05) is 18.5 Å². The second-order valence-corrected chi connectivity index (χ2v) is 4.94. The highest BCUT2D eigenvalue weighted by Crippen LogP contribution is 2.26. The number of hydrogen-bond acceptors (Lipinski definition) is 2. The first kappa shape index (κ1) is 12.5. The van der Waals surface area contributed by atoms with E-state index in [1.165, 1.54) is 32.1 Å². The van der Waals surface area contributed by atoms with Gasteiger partial charge in [-0.1, -0.05) is 19.3 Å². The molecule has 88 valence electrons. The summed E-state index contributed by atoms with van der Waals surface area (Å²) in [6.45, 7) is 3.99. The summed E-state index contributed by atoms with van der Waals surface area (Å²) in [6, 6.07) is 0.278. The molecule has 1 amide bonds. The second kappa shape index (κ2) is 6.11. The molecule has 0 radical (unpaired) electrons. The standard InChI is InChI=1S/C12H24N2O/c1-9(13)8-12(15)14-10(2)11-6-4-3-5-7-11/h9-11H,3-8,13H2,1-2H3,(H,14,15). The number of nitrogens with one attached hydrogen (secondary N) is 1. The summed E-state index contributed by atoms with van der Waals surface area (Å²) in [7, 11) is 0. The third-order valence-electron chi connectivity index (χ3n) is 3.25. The Kier molecular flexibility index (Phi) is 5.09. The summed E-state index contributed by atoms with van der Waals surface area (Å²) in [5, 5.41) is 3.06. The topological polar surface area (TPSA) is 55.1 Å². The van der Waals surface area contributed by atoms with Gasteiger partial charge in [-0.15, -0.1) is 0 Å². The van der Waals surface area contributed by atoms with Gasteiger partial charge < -0.3 is 11.1 Å². The fraction of sp³-hybridized carbons (Fsp3) is 0.917. The van der Waals surface area contributed by atoms with Crippen LogP contribution < -0.4 is 11.1 Å². The minimum absolute atomic E-state index is 0.0384. The third-order valence-corrected chi connectivity index (χ3v) is 3.25. The maximum atomic E-state index is 11.5. The van der Waals surface area contributed by atoms with Gasteiger partial charge in [0.15, 0.2) is 0 Å². The van der Waals surface area contributed by atoms with E-state index in [1.807, 2.05) is 6.92 Å². The number of nitrogens with two attached hydrogens (primary N) is 1. The quantitative estimate of drug-likeness (QED) is 0.746. The van der Waals surface area contributed by atoms with Gasteiger partial charge in [0.2, 0.25) is 5.91 Å². The van der Waals surface area contributed by atoms with Crippen LogP contribution in [0.25, 0.3) is 0 Å². The van der Waals surface area contributed by atoms with Gasteiger partial charge in [-0.05, 0) is 32.6 Å². The molecular formula is C12H24N2O. The van der Waals surface area contributed by atoms with Crippen molar-refractivity contribution in [1.82, 2.24) is 5.32 Å². The zero-order valence-electron chi connectivity index (χ0n) is 9.96. The molecular weight excluding hydrogens is 188 g/mol. The number of hydrogen-bond donors (Lipinski definition) is 2. The Morgan fingerprint density at radius 2 is 1.93 bits per heavy atom. The molecule has 0 saturated heterocycles. The Balaban J connectivity index is 2.27. The molecule has 3 nitrogen and oxygen atoms in total. The molecule has 1 rings (SSSR count). The molecule has 1 aliphatic rings. The lowest BCUT2D eigenvalue weighted by Crippen LogP contribution is -2.40. The molecule has 3 N–H and O–H groups in total. The summed E-state index contributed by atoms with van der Waals surface area (Å²) < 4.78 is 0. The molecule has 2 unspecified atom stereocenters. The molecule has 0 spiro atoms. The van der Waals surface area contributed by atoms with E-state index in [0.29, 0.717) is 18.4 Å². The van der Waals surface area contributed by atoms with Crippen LogP contribution in [0.5, 0.6) is 0 Å². The van der Waals surface area contributed by atoms with Gasteiger partial charge in [-0.3, -0.25) is 4.79 Å². The van der Waals surface area contributed by atoms with E-state index in [0.717, 1.165) is 0 Å². The van der Waals surface area contributed by atoms with Crippen molar-refractivity contribution in [2.75, 3.05) is 0 Å². The first-order valence-corrected chi connectivity index (χ1v) is 6.14. The zero-order chi connectivity index (χ0) is 11.3. The predicted octanol–water partition coefficient (Wildman–Crippen LogP) is 1.81. The summed E-state index contributed by atoms with van der Waals surface area (Å²) in [6.07, 6.45) is 6.96. The molecule has 0 aromatic heterocycles. The van der Waals surface area contributed by atoms with Crippen LogP contribution in [0.3, 0.4) is 0 Å². The van der Waals surface area contributed by atoms with Crippen molar-refractivity contribution in [2.24, 2.45) is 11.7 Å². The van der Waals surface area contributed by atoms with Gasteiger partial charge in [-0.2, -0.15) is 0 Å². The molecule has 2 atom stereocenters. The van der Waals surface area contributed by atoms with E-state index >= 15 is 0 Å². The molecule has 0 aromatic carbocycles. The highest BCUT2D eigenvalue weighted by Gasteiger charge is 2.21. The van der Waals surface area contributed by atoms with Gasteiger partial charge in [0.25, 0.3) is 0 Å².